The van der Waals surface area contributed by atoms with Gasteiger partial charge in [0, 0.05) is 11.3 Å². The number of nitrogens with two attached hydrogens (primary N) is 2. The first-order valence-corrected chi connectivity index (χ1v) is 9.37. The van der Waals surface area contributed by atoms with Crippen LogP contribution in [0.3, 0.4) is 0 Å². The molecule has 1 aliphatic carbocycles. The fourth-order valence-electron chi connectivity index (χ4n) is 3.22. The number of aliphatic imine (C=N–C) groups is 1. The predicted octanol–water partition coefficient (Wildman–Crippen LogP) is 1.31. The molecule has 5 N–H and O–H groups in total. The van der Waals surface area contributed by atoms with Crippen molar-refractivity contribution in [1.29, 1.82) is 0 Å². The third-order valence-corrected chi connectivity index (χ3v) is 5.83. The highest BCUT2D eigenvalue weighted by atomic mass is 32.2. The van der Waals surface area contributed by atoms with Crippen molar-refractivity contribution in [2.24, 2.45) is 22.4 Å². The fraction of sp³-hybridized carbons (Fsp3) is 0.375. The molecule has 1 aromatic rings. The second-order valence-corrected chi connectivity index (χ2v) is 7.79. The lowest BCUT2D eigenvalue weighted by Crippen LogP contribution is -2.31. The van der Waals surface area contributed by atoms with Crippen molar-refractivity contribution in [3.63, 3.8) is 0 Å². The first-order valence-electron chi connectivity index (χ1n) is 7.89. The Labute approximate surface area is 140 Å². The number of nitrogens with zero attached hydrogens (tertiary/aromatic N) is 1. The highest BCUT2D eigenvalue weighted by molar-refractivity contribution is 7.89. The van der Waals surface area contributed by atoms with Gasteiger partial charge >= 0.3 is 0 Å². The van der Waals surface area contributed by atoms with Crippen LogP contribution in [0.4, 0.5) is 0 Å². The van der Waals surface area contributed by atoms with Crippen molar-refractivity contribution in [3.8, 4) is 0 Å². The lowest BCUT2D eigenvalue weighted by molar-refractivity contribution is 0.100. The van der Waals surface area contributed by atoms with Crippen molar-refractivity contribution >= 4 is 28.0 Å². The first-order chi connectivity index (χ1) is 11.4. The molecular formula is C16H20N4O3S. The first kappa shape index (κ1) is 16.5. The van der Waals surface area contributed by atoms with E-state index >= 15 is 0 Å². The summed E-state index contributed by atoms with van der Waals surface area (Å²) in [4.78, 5) is 15.4. The topological polar surface area (TPSA) is 128 Å². The number of guanidine groups is 1. The van der Waals surface area contributed by atoms with E-state index in [9.17, 15) is 13.2 Å². The van der Waals surface area contributed by atoms with Crippen LogP contribution < -0.4 is 16.2 Å². The maximum absolute atomic E-state index is 12.6. The van der Waals surface area contributed by atoms with Crippen molar-refractivity contribution in [3.05, 3.63) is 35.0 Å². The van der Waals surface area contributed by atoms with Crippen LogP contribution in [0.1, 0.15) is 48.0 Å². The molecule has 0 aromatic heterocycles. The molecule has 0 unspecified atom stereocenters. The Morgan fingerprint density at radius 2 is 1.88 bits per heavy atom. The molecule has 1 fully saturated rings. The number of hydrogen-bond donors (Lipinski definition) is 3. The van der Waals surface area contributed by atoms with E-state index in [0.717, 1.165) is 31.4 Å². The van der Waals surface area contributed by atoms with E-state index in [4.69, 9.17) is 11.5 Å². The molecule has 7 nitrogen and oxygen atoms in total. The molecule has 0 radical (unpaired) electrons. The summed E-state index contributed by atoms with van der Waals surface area (Å²) >= 11 is 0. The third-order valence-electron chi connectivity index (χ3n) is 4.39. The molecule has 0 spiro atoms. The van der Waals surface area contributed by atoms with Gasteiger partial charge in [-0.2, -0.15) is 4.99 Å². The van der Waals surface area contributed by atoms with Crippen LogP contribution in [0, 0.1) is 5.92 Å². The molecular weight excluding hydrogens is 328 g/mol. The number of carbonyl (C=O) groups excluding carboxylic acids is 1. The van der Waals surface area contributed by atoms with Gasteiger partial charge < -0.3 is 11.5 Å². The van der Waals surface area contributed by atoms with E-state index in [1.807, 2.05) is 6.08 Å². The van der Waals surface area contributed by atoms with E-state index in [0.29, 0.717) is 5.56 Å². The Balaban J connectivity index is 1.99. The summed E-state index contributed by atoms with van der Waals surface area (Å²) in [6.45, 7) is 0. The van der Waals surface area contributed by atoms with E-state index in [2.05, 4.69) is 9.71 Å². The van der Waals surface area contributed by atoms with Crippen LogP contribution in [0.15, 0.2) is 33.8 Å². The largest absolute Gasteiger partial charge is 0.370 e. The van der Waals surface area contributed by atoms with Gasteiger partial charge in [-0.05, 0) is 42.5 Å². The molecule has 8 heteroatoms. The zero-order valence-electron chi connectivity index (χ0n) is 13.2. The maximum Gasteiger partial charge on any atom is 0.280 e. The number of hydrogen-bond acceptors (Lipinski definition) is 3. The normalized spacial score (nSPS) is 19.6. The SMILES string of the molecule is NC(N)=NC(=O)c1ccc2c(c1)S(=O)(=O)NC(C1CCCCC1)=C2. The van der Waals surface area contributed by atoms with E-state index < -0.39 is 15.9 Å². The highest BCUT2D eigenvalue weighted by Crippen LogP contribution is 2.34. The van der Waals surface area contributed by atoms with Gasteiger partial charge in [-0.3, -0.25) is 9.52 Å². The van der Waals surface area contributed by atoms with Crippen LogP contribution >= 0.6 is 0 Å². The molecule has 3 rings (SSSR count). The smallest absolute Gasteiger partial charge is 0.280 e. The van der Waals surface area contributed by atoms with Gasteiger partial charge in [0.05, 0.1) is 4.90 Å². The monoisotopic (exact) mass is 348 g/mol. The highest BCUT2D eigenvalue weighted by Gasteiger charge is 2.29. The number of amides is 1. The van der Waals surface area contributed by atoms with Gasteiger partial charge in [-0.1, -0.05) is 25.3 Å². The molecule has 1 heterocycles. The molecule has 128 valence electrons. The van der Waals surface area contributed by atoms with Gasteiger partial charge in [-0.15, -0.1) is 0 Å². The summed E-state index contributed by atoms with van der Waals surface area (Å²) < 4.78 is 27.8. The van der Waals surface area contributed by atoms with Crippen molar-refractivity contribution in [2.45, 2.75) is 37.0 Å². The summed E-state index contributed by atoms with van der Waals surface area (Å²) in [5.41, 5.74) is 11.8. The Morgan fingerprint density at radius 1 is 1.17 bits per heavy atom. The fourth-order valence-corrected chi connectivity index (χ4v) is 4.59. The average molecular weight is 348 g/mol. The van der Waals surface area contributed by atoms with E-state index in [1.54, 1.807) is 6.07 Å². The molecule has 0 saturated heterocycles. The number of rotatable bonds is 2. The van der Waals surface area contributed by atoms with Gasteiger partial charge in [0.1, 0.15) is 0 Å². The van der Waals surface area contributed by atoms with Crippen LogP contribution in [-0.4, -0.2) is 20.3 Å². The standard InChI is InChI=1S/C16H20N4O3S/c17-16(18)19-15(21)12-7-6-11-8-13(10-4-2-1-3-5-10)20-24(22,23)14(11)9-12/h6-10,20H,1-5H2,(H4,17,18,19,21). The maximum atomic E-state index is 12.6. The summed E-state index contributed by atoms with van der Waals surface area (Å²) in [6.07, 6.45) is 7.27. The van der Waals surface area contributed by atoms with Gasteiger partial charge in [0.25, 0.3) is 15.9 Å². The molecule has 1 aliphatic heterocycles. The quantitative estimate of drug-likeness (QED) is 0.548. The second-order valence-electron chi connectivity index (χ2n) is 6.13. The molecule has 2 aliphatic rings. The zero-order chi connectivity index (χ0) is 17.3. The van der Waals surface area contributed by atoms with Crippen LogP contribution in [0.5, 0.6) is 0 Å². The summed E-state index contributed by atoms with van der Waals surface area (Å²) in [7, 11) is -3.71. The summed E-state index contributed by atoms with van der Waals surface area (Å²) in [5.74, 6) is -0.794. The lowest BCUT2D eigenvalue weighted by Gasteiger charge is -2.28. The number of nitrogens with one attached hydrogen (secondary N) is 1. The molecule has 1 saturated carbocycles. The number of carbonyl (C=O) groups is 1. The molecule has 0 bridgehead atoms. The second kappa shape index (κ2) is 6.27. The lowest BCUT2D eigenvalue weighted by atomic mass is 9.86. The Kier molecular flexibility index (Phi) is 4.31. The summed E-state index contributed by atoms with van der Waals surface area (Å²) in [6, 6.07) is 4.45. The molecule has 0 atom stereocenters. The predicted molar refractivity (Wildman–Crippen MR) is 91.5 cm³/mol. The number of allylic oxidation sites excluding steroid dienone is 1. The van der Waals surface area contributed by atoms with Crippen LogP contribution in [0.25, 0.3) is 6.08 Å². The van der Waals surface area contributed by atoms with Crippen LogP contribution in [0.2, 0.25) is 0 Å². The number of sulfonamides is 1. The average Bonchev–Trinajstić information content (AvgIpc) is 2.54. The minimum atomic E-state index is -3.71. The summed E-state index contributed by atoms with van der Waals surface area (Å²) in [5, 5.41) is 0. The Morgan fingerprint density at radius 3 is 2.54 bits per heavy atom. The van der Waals surface area contributed by atoms with Crippen molar-refractivity contribution in [2.75, 3.05) is 0 Å². The molecule has 1 aromatic carbocycles. The Hall–Kier alpha value is -2.35. The molecule has 1 amide bonds. The number of benzene rings is 1. The Bertz CT molecular complexity index is 833. The minimum absolute atomic E-state index is 0.0682. The van der Waals surface area contributed by atoms with E-state index in [-0.39, 0.29) is 22.3 Å². The van der Waals surface area contributed by atoms with Crippen LogP contribution in [-0.2, 0) is 10.0 Å². The van der Waals surface area contributed by atoms with Crippen molar-refractivity contribution in [1.82, 2.24) is 4.72 Å². The third kappa shape index (κ3) is 3.28. The van der Waals surface area contributed by atoms with Crippen molar-refractivity contribution < 1.29 is 13.2 Å². The van der Waals surface area contributed by atoms with E-state index in [1.165, 1.54) is 18.6 Å². The zero-order valence-corrected chi connectivity index (χ0v) is 14.0. The van der Waals surface area contributed by atoms with Gasteiger partial charge in [0.15, 0.2) is 5.96 Å². The van der Waals surface area contributed by atoms with Gasteiger partial charge in [0.2, 0.25) is 0 Å². The number of fused-ring (bicyclic) bond motifs is 1. The van der Waals surface area contributed by atoms with Gasteiger partial charge in [-0.25, -0.2) is 8.42 Å². The molecule has 24 heavy (non-hydrogen) atoms. The minimum Gasteiger partial charge on any atom is -0.370 e.